The number of ether oxygens (including phenoxy) is 2. The van der Waals surface area contributed by atoms with E-state index in [9.17, 15) is 4.79 Å². The Labute approximate surface area is 222 Å². The number of unbranched alkanes of at least 4 members (excludes halogenated alkanes) is 1. The number of carbonyl (C=O) groups is 1. The molecular formula is C31H32BrNO3. The van der Waals surface area contributed by atoms with Gasteiger partial charge in [-0.3, -0.25) is 0 Å². The van der Waals surface area contributed by atoms with E-state index in [4.69, 9.17) is 14.7 Å². The summed E-state index contributed by atoms with van der Waals surface area (Å²) in [6, 6.07) is 25.7. The van der Waals surface area contributed by atoms with Crippen LogP contribution < -0.4 is 4.74 Å². The van der Waals surface area contributed by atoms with Crippen LogP contribution in [0.1, 0.15) is 51.9 Å². The fourth-order valence-electron chi connectivity index (χ4n) is 3.93. The van der Waals surface area contributed by atoms with Gasteiger partial charge >= 0.3 is 5.97 Å². The molecule has 0 saturated heterocycles. The van der Waals surface area contributed by atoms with Crippen LogP contribution >= 0.6 is 15.9 Å². The lowest BCUT2D eigenvalue weighted by Crippen LogP contribution is -2.05. The maximum atomic E-state index is 11.7. The van der Waals surface area contributed by atoms with Crippen molar-refractivity contribution in [2.45, 2.75) is 32.1 Å². The fraction of sp³-hybridized carbons (Fsp3) is 0.290. The van der Waals surface area contributed by atoms with Gasteiger partial charge in [0.05, 0.1) is 30.9 Å². The number of halogens is 1. The molecule has 3 aromatic carbocycles. The minimum absolute atomic E-state index is 0.291. The fourth-order valence-corrected chi connectivity index (χ4v) is 4.33. The van der Waals surface area contributed by atoms with Gasteiger partial charge in [0.15, 0.2) is 0 Å². The lowest BCUT2D eigenvalue weighted by atomic mass is 9.91. The Bertz CT molecular complexity index is 1160. The van der Waals surface area contributed by atoms with Gasteiger partial charge in [-0.05, 0) is 79.5 Å². The molecule has 3 aromatic rings. The minimum Gasteiger partial charge on any atom is -0.493 e. The van der Waals surface area contributed by atoms with Crippen LogP contribution in [0.25, 0.3) is 6.08 Å². The summed E-state index contributed by atoms with van der Waals surface area (Å²) >= 11 is 3.47. The summed E-state index contributed by atoms with van der Waals surface area (Å²) in [5.41, 5.74) is 4.68. The number of carbonyl (C=O) groups excluding carboxylic acids is 1. The van der Waals surface area contributed by atoms with E-state index in [0.717, 1.165) is 48.7 Å². The van der Waals surface area contributed by atoms with E-state index in [0.29, 0.717) is 23.7 Å². The highest BCUT2D eigenvalue weighted by Crippen LogP contribution is 2.24. The number of aryl methyl sites for hydroxylation is 1. The maximum absolute atomic E-state index is 11.7. The van der Waals surface area contributed by atoms with Gasteiger partial charge in [0.2, 0.25) is 0 Å². The highest BCUT2D eigenvalue weighted by atomic mass is 79.9. The Morgan fingerprint density at radius 1 is 1.00 bits per heavy atom. The van der Waals surface area contributed by atoms with Crippen molar-refractivity contribution >= 4 is 28.0 Å². The van der Waals surface area contributed by atoms with Crippen molar-refractivity contribution in [3.05, 3.63) is 107 Å². The standard InChI is InChI=1S/C31H32BrNO3/c1-35-31(34)29-18-14-24(15-19-29)8-9-26(22-25-10-12-27(23-33)13-11-25)16-17-28-6-2-3-7-30(28)36-21-5-4-20-32/h2-3,6-7,10-19,26H,4-5,8-9,20-22H2,1H3. The molecule has 0 spiro atoms. The van der Waals surface area contributed by atoms with Crippen LogP contribution in [0.5, 0.6) is 5.75 Å². The van der Waals surface area contributed by atoms with E-state index in [2.05, 4.69) is 40.2 Å². The molecule has 36 heavy (non-hydrogen) atoms. The zero-order valence-corrected chi connectivity index (χ0v) is 22.2. The summed E-state index contributed by atoms with van der Waals surface area (Å²) in [6.45, 7) is 0.701. The van der Waals surface area contributed by atoms with Gasteiger partial charge in [-0.1, -0.05) is 70.5 Å². The Morgan fingerprint density at radius 3 is 2.42 bits per heavy atom. The lowest BCUT2D eigenvalue weighted by molar-refractivity contribution is 0.0600. The van der Waals surface area contributed by atoms with Gasteiger partial charge in [-0.2, -0.15) is 5.26 Å². The summed E-state index contributed by atoms with van der Waals surface area (Å²) in [4.78, 5) is 11.7. The van der Waals surface area contributed by atoms with Crippen molar-refractivity contribution in [3.63, 3.8) is 0 Å². The SMILES string of the molecule is COC(=O)c1ccc(CCC(C=Cc2ccccc2OCCCCBr)Cc2ccc(C#N)cc2)cc1. The van der Waals surface area contributed by atoms with E-state index in [1.165, 1.54) is 18.2 Å². The van der Waals surface area contributed by atoms with Crippen LogP contribution in [0, 0.1) is 17.2 Å². The smallest absolute Gasteiger partial charge is 0.337 e. The average molecular weight is 547 g/mol. The number of nitrogens with zero attached hydrogens (tertiary/aromatic N) is 1. The first-order valence-corrected chi connectivity index (χ1v) is 13.4. The van der Waals surface area contributed by atoms with Crippen LogP contribution in [0.4, 0.5) is 0 Å². The van der Waals surface area contributed by atoms with Crippen molar-refractivity contribution < 1.29 is 14.3 Å². The monoisotopic (exact) mass is 545 g/mol. The van der Waals surface area contributed by atoms with E-state index in [1.807, 2.05) is 66.7 Å². The molecule has 0 radical (unpaired) electrons. The first kappa shape index (κ1) is 27.2. The Hall–Kier alpha value is -3.36. The molecule has 0 amide bonds. The average Bonchev–Trinajstić information content (AvgIpc) is 2.93. The first-order chi connectivity index (χ1) is 17.6. The van der Waals surface area contributed by atoms with Gasteiger partial charge in [0.25, 0.3) is 0 Å². The highest BCUT2D eigenvalue weighted by molar-refractivity contribution is 9.09. The summed E-state index contributed by atoms with van der Waals surface area (Å²) in [6.07, 6.45) is 9.23. The van der Waals surface area contributed by atoms with Crippen molar-refractivity contribution in [1.29, 1.82) is 5.26 Å². The zero-order valence-electron chi connectivity index (χ0n) is 20.7. The molecule has 1 unspecified atom stereocenters. The summed E-state index contributed by atoms with van der Waals surface area (Å²) < 4.78 is 10.8. The maximum Gasteiger partial charge on any atom is 0.337 e. The largest absolute Gasteiger partial charge is 0.493 e. The number of rotatable bonds is 13. The predicted molar refractivity (Wildman–Crippen MR) is 148 cm³/mol. The Kier molecular flexibility index (Phi) is 11.3. The summed E-state index contributed by atoms with van der Waals surface area (Å²) in [5, 5.41) is 10.1. The van der Waals surface area contributed by atoms with Crippen LogP contribution in [-0.4, -0.2) is 25.0 Å². The molecular weight excluding hydrogens is 514 g/mol. The number of para-hydroxylation sites is 1. The number of benzene rings is 3. The second-order valence-electron chi connectivity index (χ2n) is 8.64. The normalized spacial score (nSPS) is 11.7. The Morgan fingerprint density at radius 2 is 1.72 bits per heavy atom. The van der Waals surface area contributed by atoms with Crippen molar-refractivity contribution in [2.75, 3.05) is 19.0 Å². The number of nitriles is 1. The van der Waals surface area contributed by atoms with Crippen LogP contribution in [0.2, 0.25) is 0 Å². The number of alkyl halides is 1. The molecule has 3 rings (SSSR count). The number of methoxy groups -OCH3 is 1. The molecule has 4 nitrogen and oxygen atoms in total. The lowest BCUT2D eigenvalue weighted by Gasteiger charge is -2.14. The molecule has 0 heterocycles. The first-order valence-electron chi connectivity index (χ1n) is 12.2. The molecule has 0 aliphatic heterocycles. The van der Waals surface area contributed by atoms with Gasteiger partial charge in [0.1, 0.15) is 5.75 Å². The topological polar surface area (TPSA) is 59.3 Å². The third-order valence-electron chi connectivity index (χ3n) is 6.01. The quantitative estimate of drug-likeness (QED) is 0.127. The van der Waals surface area contributed by atoms with Gasteiger partial charge < -0.3 is 9.47 Å². The molecule has 5 heteroatoms. The predicted octanol–water partition coefficient (Wildman–Crippen LogP) is 7.40. The number of allylic oxidation sites excluding steroid dienone is 1. The molecule has 0 bridgehead atoms. The van der Waals surface area contributed by atoms with Crippen molar-refractivity contribution in [2.24, 2.45) is 5.92 Å². The molecule has 1 atom stereocenters. The van der Waals surface area contributed by atoms with Crippen molar-refractivity contribution in [3.8, 4) is 11.8 Å². The summed E-state index contributed by atoms with van der Waals surface area (Å²) in [7, 11) is 1.39. The highest BCUT2D eigenvalue weighted by Gasteiger charge is 2.10. The van der Waals surface area contributed by atoms with Crippen LogP contribution in [-0.2, 0) is 17.6 Å². The minimum atomic E-state index is -0.323. The Balaban J connectivity index is 1.73. The molecule has 0 aliphatic rings. The van der Waals surface area contributed by atoms with E-state index < -0.39 is 0 Å². The number of hydrogen-bond donors (Lipinski definition) is 0. The van der Waals surface area contributed by atoms with Gasteiger partial charge in [0, 0.05) is 10.9 Å². The van der Waals surface area contributed by atoms with Gasteiger partial charge in [-0.25, -0.2) is 4.79 Å². The van der Waals surface area contributed by atoms with Crippen molar-refractivity contribution in [1.82, 2.24) is 0 Å². The van der Waals surface area contributed by atoms with E-state index in [1.54, 1.807) is 0 Å². The molecule has 0 saturated carbocycles. The molecule has 0 fully saturated rings. The van der Waals surface area contributed by atoms with E-state index in [-0.39, 0.29) is 5.97 Å². The summed E-state index contributed by atoms with van der Waals surface area (Å²) in [5.74, 6) is 0.870. The van der Waals surface area contributed by atoms with Crippen LogP contribution in [0.15, 0.2) is 78.9 Å². The third kappa shape index (κ3) is 8.70. The second kappa shape index (κ2) is 14.9. The molecule has 0 aliphatic carbocycles. The zero-order chi connectivity index (χ0) is 25.6. The molecule has 186 valence electrons. The van der Waals surface area contributed by atoms with Crippen LogP contribution in [0.3, 0.4) is 0 Å². The molecule has 0 aromatic heterocycles. The molecule has 0 N–H and O–H groups in total. The van der Waals surface area contributed by atoms with E-state index >= 15 is 0 Å². The number of hydrogen-bond acceptors (Lipinski definition) is 4. The second-order valence-corrected chi connectivity index (χ2v) is 9.43. The van der Waals surface area contributed by atoms with Gasteiger partial charge in [-0.15, -0.1) is 0 Å². The number of esters is 1. The third-order valence-corrected chi connectivity index (χ3v) is 6.57.